The lowest BCUT2D eigenvalue weighted by molar-refractivity contribution is 0.0697. The van der Waals surface area contributed by atoms with Crippen molar-refractivity contribution in [3.63, 3.8) is 0 Å². The third-order valence-electron chi connectivity index (χ3n) is 2.45. The van der Waals surface area contributed by atoms with E-state index in [1.165, 1.54) is 11.3 Å². The van der Waals surface area contributed by atoms with Gasteiger partial charge < -0.3 is 14.8 Å². The smallest absolute Gasteiger partial charge is 0.336 e. The molecule has 0 fully saturated rings. The molecule has 0 aromatic carbocycles. The molecule has 2 aromatic rings. The number of thiophene rings is 1. The van der Waals surface area contributed by atoms with Gasteiger partial charge in [0.1, 0.15) is 5.76 Å². The second kappa shape index (κ2) is 5.16. The largest absolute Gasteiger partial charge is 0.478 e. The highest BCUT2D eigenvalue weighted by atomic mass is 32.1. The predicted molar refractivity (Wildman–Crippen MR) is 65.2 cm³/mol. The highest BCUT2D eigenvalue weighted by Crippen LogP contribution is 2.17. The van der Waals surface area contributed by atoms with Crippen LogP contribution < -0.4 is 5.32 Å². The second-order valence-electron chi connectivity index (χ2n) is 3.72. The molecule has 2 rings (SSSR count). The zero-order valence-corrected chi connectivity index (χ0v) is 10.2. The molecule has 2 N–H and O–H groups in total. The van der Waals surface area contributed by atoms with Crippen molar-refractivity contribution in [1.29, 1.82) is 0 Å². The lowest BCUT2D eigenvalue weighted by atomic mass is 10.2. The summed E-state index contributed by atoms with van der Waals surface area (Å²) < 4.78 is 5.27. The van der Waals surface area contributed by atoms with Crippen molar-refractivity contribution < 1.29 is 14.3 Å². The Morgan fingerprint density at radius 3 is 3.06 bits per heavy atom. The molecule has 0 radical (unpaired) electrons. The first-order chi connectivity index (χ1) is 8.16. The summed E-state index contributed by atoms with van der Waals surface area (Å²) in [4.78, 5) is 11.7. The van der Waals surface area contributed by atoms with Crippen molar-refractivity contribution in [3.8, 4) is 0 Å². The quantitative estimate of drug-likeness (QED) is 0.857. The van der Waals surface area contributed by atoms with E-state index in [-0.39, 0.29) is 6.04 Å². The molecule has 1 atom stereocenters. The van der Waals surface area contributed by atoms with Gasteiger partial charge in [-0.1, -0.05) is 0 Å². The Balaban J connectivity index is 1.91. The first-order valence-electron chi connectivity index (χ1n) is 5.24. The Kier molecular flexibility index (Phi) is 3.61. The summed E-state index contributed by atoms with van der Waals surface area (Å²) in [6.45, 7) is 2.64. The van der Waals surface area contributed by atoms with Crippen LogP contribution in [0.3, 0.4) is 0 Å². The third-order valence-corrected chi connectivity index (χ3v) is 3.39. The molecule has 0 saturated heterocycles. The highest BCUT2D eigenvalue weighted by molar-refractivity contribution is 7.10. The maximum atomic E-state index is 10.7. The fourth-order valence-corrected chi connectivity index (χ4v) is 2.29. The SMILES string of the molecule is C[C@H](NCc1cc(C(=O)O)cs1)c1ccco1. The van der Waals surface area contributed by atoms with E-state index in [0.29, 0.717) is 12.1 Å². The number of carboxylic acid groups (broad SMARTS) is 1. The predicted octanol–water partition coefficient (Wildman–Crippen LogP) is 2.89. The molecule has 0 aliphatic heterocycles. The number of carboxylic acids is 1. The first-order valence-corrected chi connectivity index (χ1v) is 6.12. The Morgan fingerprint density at radius 2 is 2.47 bits per heavy atom. The molecule has 0 amide bonds. The minimum atomic E-state index is -0.883. The lowest BCUT2D eigenvalue weighted by Crippen LogP contribution is -2.16. The van der Waals surface area contributed by atoms with Crippen molar-refractivity contribution in [3.05, 3.63) is 46.0 Å². The minimum Gasteiger partial charge on any atom is -0.478 e. The normalized spacial score (nSPS) is 12.5. The van der Waals surface area contributed by atoms with Gasteiger partial charge in [-0.15, -0.1) is 11.3 Å². The maximum absolute atomic E-state index is 10.7. The summed E-state index contributed by atoms with van der Waals surface area (Å²) >= 11 is 1.44. The van der Waals surface area contributed by atoms with Crippen LogP contribution >= 0.6 is 11.3 Å². The minimum absolute atomic E-state index is 0.111. The van der Waals surface area contributed by atoms with Gasteiger partial charge >= 0.3 is 5.97 Å². The third kappa shape index (κ3) is 2.95. The van der Waals surface area contributed by atoms with Crippen molar-refractivity contribution in [2.75, 3.05) is 0 Å². The summed E-state index contributed by atoms with van der Waals surface area (Å²) in [6, 6.07) is 5.56. The van der Waals surface area contributed by atoms with Crippen LogP contribution in [0.2, 0.25) is 0 Å². The number of hydrogen-bond donors (Lipinski definition) is 2. The van der Waals surface area contributed by atoms with Crippen LogP contribution in [0.1, 0.15) is 34.0 Å². The van der Waals surface area contributed by atoms with E-state index in [4.69, 9.17) is 9.52 Å². The number of hydrogen-bond acceptors (Lipinski definition) is 4. The van der Waals surface area contributed by atoms with Gasteiger partial charge in [0.05, 0.1) is 17.9 Å². The van der Waals surface area contributed by atoms with Gasteiger partial charge in [-0.2, -0.15) is 0 Å². The van der Waals surface area contributed by atoms with Crippen molar-refractivity contribution in [1.82, 2.24) is 5.32 Å². The van der Waals surface area contributed by atoms with Crippen LogP contribution in [0.15, 0.2) is 34.3 Å². The topological polar surface area (TPSA) is 62.5 Å². The average Bonchev–Trinajstić information content (AvgIpc) is 2.97. The molecule has 0 bridgehead atoms. The van der Waals surface area contributed by atoms with E-state index >= 15 is 0 Å². The zero-order chi connectivity index (χ0) is 12.3. The Labute approximate surface area is 103 Å². The van der Waals surface area contributed by atoms with Crippen LogP contribution in [0.5, 0.6) is 0 Å². The zero-order valence-electron chi connectivity index (χ0n) is 9.34. The number of nitrogens with one attached hydrogen (secondary N) is 1. The van der Waals surface area contributed by atoms with Crippen LogP contribution in [-0.2, 0) is 6.54 Å². The Bertz CT molecular complexity index is 490. The highest BCUT2D eigenvalue weighted by Gasteiger charge is 2.10. The summed E-state index contributed by atoms with van der Waals surface area (Å²) in [5.74, 6) is -0.00778. The van der Waals surface area contributed by atoms with E-state index < -0.39 is 5.97 Å². The second-order valence-corrected chi connectivity index (χ2v) is 4.72. The molecule has 90 valence electrons. The average molecular weight is 251 g/mol. The van der Waals surface area contributed by atoms with E-state index in [0.717, 1.165) is 10.6 Å². The van der Waals surface area contributed by atoms with Gasteiger partial charge in [0.2, 0.25) is 0 Å². The summed E-state index contributed by atoms with van der Waals surface area (Å²) in [7, 11) is 0. The molecule has 0 spiro atoms. The Hall–Kier alpha value is -1.59. The molecule has 0 aliphatic rings. The van der Waals surface area contributed by atoms with Crippen LogP contribution in [0.25, 0.3) is 0 Å². The molecular weight excluding hydrogens is 238 g/mol. The number of carbonyl (C=O) groups is 1. The van der Waals surface area contributed by atoms with Gasteiger partial charge in [0, 0.05) is 16.8 Å². The molecule has 4 nitrogen and oxygen atoms in total. The molecule has 5 heteroatoms. The molecule has 0 saturated carbocycles. The fourth-order valence-electron chi connectivity index (χ4n) is 1.48. The van der Waals surface area contributed by atoms with E-state index in [1.54, 1.807) is 17.7 Å². The maximum Gasteiger partial charge on any atom is 0.336 e. The lowest BCUT2D eigenvalue weighted by Gasteiger charge is -2.09. The van der Waals surface area contributed by atoms with E-state index in [9.17, 15) is 4.79 Å². The Morgan fingerprint density at radius 1 is 1.65 bits per heavy atom. The van der Waals surface area contributed by atoms with Crippen LogP contribution in [-0.4, -0.2) is 11.1 Å². The molecule has 0 unspecified atom stereocenters. The van der Waals surface area contributed by atoms with Crippen molar-refractivity contribution in [2.45, 2.75) is 19.5 Å². The monoisotopic (exact) mass is 251 g/mol. The number of furan rings is 1. The molecule has 2 aromatic heterocycles. The fraction of sp³-hybridized carbons (Fsp3) is 0.250. The first kappa shape index (κ1) is 11.9. The van der Waals surface area contributed by atoms with Gasteiger partial charge in [-0.05, 0) is 25.1 Å². The molecular formula is C12H13NO3S. The van der Waals surface area contributed by atoms with Gasteiger partial charge in [0.25, 0.3) is 0 Å². The summed E-state index contributed by atoms with van der Waals surface area (Å²) in [5.41, 5.74) is 0.345. The molecule has 17 heavy (non-hydrogen) atoms. The van der Waals surface area contributed by atoms with Crippen molar-refractivity contribution >= 4 is 17.3 Å². The standard InChI is InChI=1S/C12H13NO3S/c1-8(11-3-2-4-16-11)13-6-10-5-9(7-17-10)12(14)15/h2-5,7-8,13H,6H2,1H3,(H,14,15)/t8-/m0/s1. The van der Waals surface area contributed by atoms with Crippen LogP contribution in [0.4, 0.5) is 0 Å². The van der Waals surface area contributed by atoms with E-state index in [2.05, 4.69) is 5.32 Å². The van der Waals surface area contributed by atoms with Gasteiger partial charge in [0.15, 0.2) is 0 Å². The number of rotatable bonds is 5. The molecule has 0 aliphatic carbocycles. The number of aromatic carboxylic acids is 1. The summed E-state index contributed by atoms with van der Waals surface area (Å²) in [5, 5.41) is 13.7. The van der Waals surface area contributed by atoms with Gasteiger partial charge in [-0.25, -0.2) is 4.79 Å². The van der Waals surface area contributed by atoms with Crippen molar-refractivity contribution in [2.24, 2.45) is 0 Å². The molecule has 2 heterocycles. The van der Waals surface area contributed by atoms with Crippen LogP contribution in [0, 0.1) is 0 Å². The van der Waals surface area contributed by atoms with Gasteiger partial charge in [-0.3, -0.25) is 0 Å². The van der Waals surface area contributed by atoms with E-state index in [1.807, 2.05) is 19.1 Å². The summed E-state index contributed by atoms with van der Waals surface area (Å²) in [6.07, 6.45) is 1.64.